The van der Waals surface area contributed by atoms with Crippen LogP contribution in [0.2, 0.25) is 0 Å². The summed E-state index contributed by atoms with van der Waals surface area (Å²) in [5.74, 6) is -1.09. The summed E-state index contributed by atoms with van der Waals surface area (Å²) in [5.41, 5.74) is -0.563. The van der Waals surface area contributed by atoms with Crippen LogP contribution in [0.15, 0.2) is 42.5 Å². The van der Waals surface area contributed by atoms with E-state index >= 15 is 0 Å². The number of anilines is 1. The standard InChI is InChI=1S/C18H17N5O6S/c1-10(2)19-16(24)11-3-5-13(6-4-11)20-18(30)21-17(25)12-7-14(22(26)27)9-15(8-12)23(28)29/h3-10H,1-2H3,(H,19,24)(H2,20,21,25,30). The van der Waals surface area contributed by atoms with Crippen molar-refractivity contribution in [3.05, 3.63) is 73.8 Å². The fourth-order valence-corrected chi connectivity index (χ4v) is 2.54. The van der Waals surface area contributed by atoms with Crippen molar-refractivity contribution in [2.45, 2.75) is 19.9 Å². The molecule has 0 unspecified atom stereocenters. The predicted molar refractivity (Wildman–Crippen MR) is 112 cm³/mol. The molecule has 0 fully saturated rings. The minimum Gasteiger partial charge on any atom is -0.350 e. The molecule has 30 heavy (non-hydrogen) atoms. The first-order chi connectivity index (χ1) is 14.1. The van der Waals surface area contributed by atoms with Gasteiger partial charge in [0.05, 0.1) is 21.5 Å². The molecule has 0 aliphatic heterocycles. The predicted octanol–water partition coefficient (Wildman–Crippen LogP) is 2.77. The van der Waals surface area contributed by atoms with E-state index in [0.29, 0.717) is 11.3 Å². The van der Waals surface area contributed by atoms with Crippen LogP contribution in [-0.2, 0) is 0 Å². The van der Waals surface area contributed by atoms with Gasteiger partial charge in [-0.2, -0.15) is 0 Å². The Bertz CT molecular complexity index is 990. The molecule has 2 aromatic rings. The van der Waals surface area contributed by atoms with Crippen LogP contribution < -0.4 is 16.0 Å². The quantitative estimate of drug-likeness (QED) is 0.358. The zero-order valence-corrected chi connectivity index (χ0v) is 16.7. The number of carbonyl (C=O) groups excluding carboxylic acids is 2. The lowest BCUT2D eigenvalue weighted by molar-refractivity contribution is -0.394. The van der Waals surface area contributed by atoms with Crippen LogP contribution in [0.4, 0.5) is 17.1 Å². The van der Waals surface area contributed by atoms with Crippen LogP contribution in [0.1, 0.15) is 34.6 Å². The monoisotopic (exact) mass is 431 g/mol. The molecule has 156 valence electrons. The fourth-order valence-electron chi connectivity index (χ4n) is 2.33. The average molecular weight is 431 g/mol. The van der Waals surface area contributed by atoms with Crippen molar-refractivity contribution in [1.29, 1.82) is 0 Å². The number of non-ortho nitro benzene ring substituents is 2. The highest BCUT2D eigenvalue weighted by Gasteiger charge is 2.20. The topological polar surface area (TPSA) is 157 Å². The third-order valence-electron chi connectivity index (χ3n) is 3.64. The summed E-state index contributed by atoms with van der Waals surface area (Å²) in [6.45, 7) is 3.68. The van der Waals surface area contributed by atoms with Crippen LogP contribution in [0, 0.1) is 20.2 Å². The average Bonchev–Trinajstić information content (AvgIpc) is 2.67. The van der Waals surface area contributed by atoms with Crippen molar-refractivity contribution in [2.24, 2.45) is 0 Å². The zero-order valence-electron chi connectivity index (χ0n) is 15.9. The molecule has 2 rings (SSSR count). The maximum Gasteiger partial charge on any atom is 0.277 e. The largest absolute Gasteiger partial charge is 0.350 e. The van der Waals surface area contributed by atoms with Gasteiger partial charge in [0.15, 0.2) is 5.11 Å². The summed E-state index contributed by atoms with van der Waals surface area (Å²) in [6.07, 6.45) is 0. The summed E-state index contributed by atoms with van der Waals surface area (Å²) in [4.78, 5) is 44.4. The number of benzene rings is 2. The highest BCUT2D eigenvalue weighted by molar-refractivity contribution is 7.80. The van der Waals surface area contributed by atoms with Gasteiger partial charge in [-0.3, -0.25) is 35.1 Å². The number of carbonyl (C=O) groups is 2. The lowest BCUT2D eigenvalue weighted by atomic mass is 10.1. The molecule has 0 bridgehead atoms. The van der Waals surface area contributed by atoms with Crippen molar-refractivity contribution >= 4 is 46.2 Å². The van der Waals surface area contributed by atoms with E-state index < -0.39 is 27.1 Å². The fraction of sp³-hybridized carbons (Fsp3) is 0.167. The molecular weight excluding hydrogens is 414 g/mol. The molecule has 12 heteroatoms. The minimum atomic E-state index is -0.854. The maximum absolute atomic E-state index is 12.3. The Morgan fingerprint density at radius 1 is 0.900 bits per heavy atom. The summed E-state index contributed by atoms with van der Waals surface area (Å²) in [6, 6.07) is 8.84. The van der Waals surface area contributed by atoms with Crippen LogP contribution in [0.5, 0.6) is 0 Å². The molecule has 0 saturated heterocycles. The molecule has 0 atom stereocenters. The molecule has 2 amide bonds. The Labute approximate surface area is 175 Å². The van der Waals surface area contributed by atoms with Gasteiger partial charge in [-0.05, 0) is 50.3 Å². The second-order valence-electron chi connectivity index (χ2n) is 6.37. The first-order valence-electron chi connectivity index (χ1n) is 8.54. The zero-order chi connectivity index (χ0) is 22.4. The Morgan fingerprint density at radius 2 is 1.43 bits per heavy atom. The van der Waals surface area contributed by atoms with E-state index in [9.17, 15) is 29.8 Å². The molecule has 0 aromatic heterocycles. The van der Waals surface area contributed by atoms with Crippen molar-refractivity contribution in [3.8, 4) is 0 Å². The third-order valence-corrected chi connectivity index (χ3v) is 3.84. The summed E-state index contributed by atoms with van der Waals surface area (Å²) >= 11 is 5.03. The Kier molecular flexibility index (Phi) is 7.09. The second kappa shape index (κ2) is 9.52. The Hall–Kier alpha value is -3.93. The SMILES string of the molecule is CC(C)NC(=O)c1ccc(NC(=S)NC(=O)c2cc([N+](=O)[O-])cc([N+](=O)[O-])c2)cc1. The van der Waals surface area contributed by atoms with Gasteiger partial charge in [0.1, 0.15) is 0 Å². The van der Waals surface area contributed by atoms with E-state index in [1.165, 1.54) is 0 Å². The number of amides is 2. The lowest BCUT2D eigenvalue weighted by Crippen LogP contribution is -2.34. The number of nitrogens with zero attached hydrogens (tertiary/aromatic N) is 2. The van der Waals surface area contributed by atoms with E-state index in [1.54, 1.807) is 24.3 Å². The molecule has 11 nitrogen and oxygen atoms in total. The minimum absolute atomic E-state index is 0.0114. The highest BCUT2D eigenvalue weighted by atomic mass is 32.1. The van der Waals surface area contributed by atoms with Crippen molar-refractivity contribution in [2.75, 3.05) is 5.32 Å². The lowest BCUT2D eigenvalue weighted by Gasteiger charge is -2.11. The first-order valence-corrected chi connectivity index (χ1v) is 8.94. The van der Waals surface area contributed by atoms with Gasteiger partial charge in [0.2, 0.25) is 0 Å². The Morgan fingerprint density at radius 3 is 1.90 bits per heavy atom. The van der Waals surface area contributed by atoms with Gasteiger partial charge in [-0.1, -0.05) is 0 Å². The van der Waals surface area contributed by atoms with Crippen LogP contribution in [-0.4, -0.2) is 32.8 Å². The summed E-state index contributed by atoms with van der Waals surface area (Å²) < 4.78 is 0. The van der Waals surface area contributed by atoms with Gasteiger partial charge in [0.25, 0.3) is 23.2 Å². The van der Waals surface area contributed by atoms with E-state index in [0.717, 1.165) is 18.2 Å². The van der Waals surface area contributed by atoms with Gasteiger partial charge in [-0.15, -0.1) is 0 Å². The highest BCUT2D eigenvalue weighted by Crippen LogP contribution is 2.22. The number of nitro groups is 2. The number of nitrogens with one attached hydrogen (secondary N) is 3. The molecule has 2 aromatic carbocycles. The molecule has 0 radical (unpaired) electrons. The number of hydrogen-bond donors (Lipinski definition) is 3. The molecule has 0 saturated carbocycles. The van der Waals surface area contributed by atoms with E-state index in [1.807, 2.05) is 13.8 Å². The van der Waals surface area contributed by atoms with Crippen molar-refractivity contribution < 1.29 is 19.4 Å². The molecule has 3 N–H and O–H groups in total. The smallest absolute Gasteiger partial charge is 0.277 e. The third kappa shape index (κ3) is 6.04. The second-order valence-corrected chi connectivity index (χ2v) is 6.77. The van der Waals surface area contributed by atoms with Gasteiger partial charge in [-0.25, -0.2) is 0 Å². The van der Waals surface area contributed by atoms with Crippen molar-refractivity contribution in [3.63, 3.8) is 0 Å². The van der Waals surface area contributed by atoms with Crippen LogP contribution in [0.25, 0.3) is 0 Å². The van der Waals surface area contributed by atoms with Gasteiger partial charge in [0, 0.05) is 29.4 Å². The van der Waals surface area contributed by atoms with Crippen molar-refractivity contribution in [1.82, 2.24) is 10.6 Å². The van der Waals surface area contributed by atoms with E-state index in [4.69, 9.17) is 12.2 Å². The molecular formula is C18H17N5O6S. The van der Waals surface area contributed by atoms with Gasteiger partial charge < -0.3 is 10.6 Å². The Balaban J connectivity index is 2.08. The van der Waals surface area contributed by atoms with Crippen LogP contribution >= 0.6 is 12.2 Å². The molecule has 0 heterocycles. The van der Waals surface area contributed by atoms with Gasteiger partial charge >= 0.3 is 0 Å². The molecule has 0 aliphatic carbocycles. The number of nitro benzene ring substituents is 2. The molecule has 0 aliphatic rings. The first kappa shape index (κ1) is 22.4. The summed E-state index contributed by atoms with van der Waals surface area (Å²) in [7, 11) is 0. The maximum atomic E-state index is 12.3. The number of hydrogen-bond acceptors (Lipinski definition) is 7. The summed E-state index contributed by atoms with van der Waals surface area (Å²) in [5, 5.41) is 29.5. The van der Waals surface area contributed by atoms with Crippen LogP contribution in [0.3, 0.4) is 0 Å². The van der Waals surface area contributed by atoms with E-state index in [2.05, 4.69) is 16.0 Å². The molecule has 0 spiro atoms. The number of rotatable bonds is 6. The normalized spacial score (nSPS) is 10.2. The van der Waals surface area contributed by atoms with E-state index in [-0.39, 0.29) is 22.6 Å². The number of thiocarbonyl (C=S) groups is 1.